The Morgan fingerprint density at radius 1 is 0.769 bits per heavy atom. The van der Waals surface area contributed by atoms with Crippen LogP contribution in [0.5, 0.6) is 23.0 Å². The molecule has 0 saturated carbocycles. The highest BCUT2D eigenvalue weighted by atomic mass is 32.2. The summed E-state index contributed by atoms with van der Waals surface area (Å²) in [6.07, 6.45) is -4.17. The number of alkyl halides is 3. The second-order valence-electron chi connectivity index (χ2n) is 11.7. The number of nitrogens with one attached hydrogen (secondary N) is 1. The van der Waals surface area contributed by atoms with Crippen LogP contribution in [0.1, 0.15) is 28.3 Å². The van der Waals surface area contributed by atoms with E-state index in [1.807, 2.05) is 0 Å². The summed E-state index contributed by atoms with van der Waals surface area (Å²) in [5, 5.41) is 13.8. The lowest BCUT2D eigenvalue weighted by Crippen LogP contribution is -2.44. The minimum atomic E-state index is -4.63. The zero-order valence-electron chi connectivity index (χ0n) is 28.9. The van der Waals surface area contributed by atoms with Gasteiger partial charge >= 0.3 is 12.1 Å². The van der Waals surface area contributed by atoms with Crippen LogP contribution in [0, 0.1) is 11.7 Å². The third-order valence-corrected chi connectivity index (χ3v) is 10.4. The average Bonchev–Trinajstić information content (AvgIpc) is 3.13. The van der Waals surface area contributed by atoms with Crippen molar-refractivity contribution in [2.75, 3.05) is 48.1 Å². The van der Waals surface area contributed by atoms with Gasteiger partial charge in [0.15, 0.2) is 23.0 Å². The van der Waals surface area contributed by atoms with E-state index >= 15 is 0 Å². The summed E-state index contributed by atoms with van der Waals surface area (Å²) < 4.78 is 105. The van der Waals surface area contributed by atoms with E-state index in [1.165, 1.54) is 40.6 Å². The van der Waals surface area contributed by atoms with E-state index in [0.717, 1.165) is 46.3 Å². The predicted octanol–water partition coefficient (Wildman–Crippen LogP) is 6.39. The van der Waals surface area contributed by atoms with Crippen LogP contribution < -0.4 is 24.3 Å². The van der Waals surface area contributed by atoms with E-state index in [4.69, 9.17) is 18.9 Å². The number of hydrogen-bond donors (Lipinski definition) is 2. The molecule has 0 fully saturated rings. The van der Waals surface area contributed by atoms with Gasteiger partial charge in [0, 0.05) is 19.1 Å². The molecule has 52 heavy (non-hydrogen) atoms. The first-order valence-corrected chi connectivity index (χ1v) is 17.5. The van der Waals surface area contributed by atoms with E-state index in [0.29, 0.717) is 35.0 Å². The molecule has 0 saturated heterocycles. The molecule has 0 heterocycles. The van der Waals surface area contributed by atoms with Crippen molar-refractivity contribution in [1.82, 2.24) is 9.62 Å². The fourth-order valence-electron chi connectivity index (χ4n) is 5.68. The maximum absolute atomic E-state index is 14.1. The Hall–Kier alpha value is -4.86. The molecular weight excluding hydrogens is 708 g/mol. The Morgan fingerprint density at radius 3 is 1.77 bits per heavy atom. The number of aliphatic carboxylic acids is 1. The standard InChI is InChI=1S/C37H40F4N2O8S/c1-48-31-15-5-24(21-33(31)50-3)17-19-42-35(26-7-9-27(10-8-26)37(39,40)41)30(36(44)45)23-43(52(46,47)29-13-11-28(38)12-14-29)20-18-25-6-16-32(49-2)34(22-25)51-4/h5-16,21-22,30,35,42H,17-20,23H2,1-4H3,(H,44,45). The van der Waals surface area contributed by atoms with Crippen molar-refractivity contribution in [1.29, 1.82) is 0 Å². The number of carboxylic acids is 1. The third kappa shape index (κ3) is 9.92. The largest absolute Gasteiger partial charge is 0.493 e. The lowest BCUT2D eigenvalue weighted by atomic mass is 9.91. The predicted molar refractivity (Wildman–Crippen MR) is 185 cm³/mol. The van der Waals surface area contributed by atoms with Gasteiger partial charge in [0.2, 0.25) is 10.0 Å². The fraction of sp³-hybridized carbons (Fsp3) is 0.324. The van der Waals surface area contributed by atoms with Crippen molar-refractivity contribution in [3.63, 3.8) is 0 Å². The smallest absolute Gasteiger partial charge is 0.416 e. The highest BCUT2D eigenvalue weighted by Crippen LogP contribution is 2.33. The fourth-order valence-corrected chi connectivity index (χ4v) is 7.15. The normalized spacial score (nSPS) is 13.0. The second kappa shape index (κ2) is 17.6. The molecular formula is C37H40F4N2O8S. The summed E-state index contributed by atoms with van der Waals surface area (Å²) in [5.41, 5.74) is 0.712. The van der Waals surface area contributed by atoms with Crippen molar-refractivity contribution in [3.05, 3.63) is 113 Å². The molecule has 0 spiro atoms. The minimum Gasteiger partial charge on any atom is -0.493 e. The molecule has 4 aromatic carbocycles. The number of carbonyl (C=O) groups is 1. The number of nitrogens with zero attached hydrogens (tertiary/aromatic N) is 1. The number of rotatable bonds is 18. The van der Waals surface area contributed by atoms with Gasteiger partial charge in [-0.15, -0.1) is 0 Å². The van der Waals surface area contributed by atoms with Crippen LogP contribution >= 0.6 is 0 Å². The molecule has 2 N–H and O–H groups in total. The lowest BCUT2D eigenvalue weighted by Gasteiger charge is -2.31. The van der Waals surface area contributed by atoms with Crippen LogP contribution in [0.15, 0.2) is 89.8 Å². The Kier molecular flexibility index (Phi) is 13.5. The first-order valence-electron chi connectivity index (χ1n) is 16.0. The van der Waals surface area contributed by atoms with Crippen molar-refractivity contribution in [2.24, 2.45) is 5.92 Å². The highest BCUT2D eigenvalue weighted by Gasteiger charge is 2.37. The monoisotopic (exact) mass is 748 g/mol. The molecule has 0 bridgehead atoms. The molecule has 280 valence electrons. The summed E-state index contributed by atoms with van der Waals surface area (Å²) >= 11 is 0. The lowest BCUT2D eigenvalue weighted by molar-refractivity contribution is -0.143. The molecule has 0 aliphatic rings. The van der Waals surface area contributed by atoms with Gasteiger partial charge in [0.05, 0.1) is 44.8 Å². The molecule has 0 aliphatic heterocycles. The van der Waals surface area contributed by atoms with Crippen LogP contribution in [-0.4, -0.2) is 71.9 Å². The molecule has 10 nitrogen and oxygen atoms in total. The van der Waals surface area contributed by atoms with Gasteiger partial charge in [-0.25, -0.2) is 12.8 Å². The maximum Gasteiger partial charge on any atom is 0.416 e. The molecule has 0 amide bonds. The van der Waals surface area contributed by atoms with Crippen LogP contribution in [0.2, 0.25) is 0 Å². The van der Waals surface area contributed by atoms with Gasteiger partial charge in [-0.3, -0.25) is 4.79 Å². The van der Waals surface area contributed by atoms with Gasteiger partial charge in [-0.05, 0) is 96.7 Å². The molecule has 4 rings (SSSR count). The van der Waals surface area contributed by atoms with E-state index < -0.39 is 52.1 Å². The van der Waals surface area contributed by atoms with E-state index in [-0.39, 0.29) is 30.0 Å². The summed E-state index contributed by atoms with van der Waals surface area (Å²) in [5.74, 6) is -1.73. The summed E-state index contributed by atoms with van der Waals surface area (Å²) in [4.78, 5) is 12.8. The second-order valence-corrected chi connectivity index (χ2v) is 13.6. The third-order valence-electron chi connectivity index (χ3n) is 8.49. The number of halogens is 4. The minimum absolute atomic E-state index is 0.116. The van der Waals surface area contributed by atoms with E-state index in [1.54, 1.807) is 36.4 Å². The number of carboxylic acid groups (broad SMARTS) is 1. The van der Waals surface area contributed by atoms with Crippen LogP contribution in [0.4, 0.5) is 17.6 Å². The first-order chi connectivity index (χ1) is 24.7. The molecule has 0 aromatic heterocycles. The van der Waals surface area contributed by atoms with Gasteiger partial charge in [-0.1, -0.05) is 24.3 Å². The molecule has 0 aliphatic carbocycles. The van der Waals surface area contributed by atoms with Gasteiger partial charge < -0.3 is 29.4 Å². The zero-order valence-corrected chi connectivity index (χ0v) is 29.8. The van der Waals surface area contributed by atoms with Crippen molar-refractivity contribution >= 4 is 16.0 Å². The van der Waals surface area contributed by atoms with Crippen molar-refractivity contribution < 1.29 is 54.8 Å². The van der Waals surface area contributed by atoms with Crippen molar-refractivity contribution in [2.45, 2.75) is 30.0 Å². The molecule has 2 atom stereocenters. The summed E-state index contributed by atoms with van der Waals surface area (Å²) in [7, 11) is 1.47. The number of ether oxygens (including phenoxy) is 4. The summed E-state index contributed by atoms with van der Waals surface area (Å²) in [6.45, 7) is -0.636. The van der Waals surface area contributed by atoms with E-state index in [2.05, 4.69) is 5.32 Å². The Labute approximate surface area is 299 Å². The quantitative estimate of drug-likeness (QED) is 0.112. The Bertz CT molecular complexity index is 1910. The van der Waals surface area contributed by atoms with Crippen LogP contribution in [-0.2, 0) is 33.8 Å². The van der Waals surface area contributed by atoms with E-state index in [9.17, 15) is 35.9 Å². The van der Waals surface area contributed by atoms with Crippen molar-refractivity contribution in [3.8, 4) is 23.0 Å². The molecule has 15 heteroatoms. The molecule has 4 aromatic rings. The van der Waals surface area contributed by atoms with Gasteiger partial charge in [-0.2, -0.15) is 17.5 Å². The Balaban J connectivity index is 1.71. The summed E-state index contributed by atoms with van der Waals surface area (Å²) in [6, 6.07) is 17.3. The van der Waals surface area contributed by atoms with Gasteiger partial charge in [0.1, 0.15) is 5.82 Å². The maximum atomic E-state index is 14.1. The zero-order chi connectivity index (χ0) is 38.1. The topological polar surface area (TPSA) is 124 Å². The number of benzene rings is 4. The Morgan fingerprint density at radius 2 is 1.29 bits per heavy atom. The van der Waals surface area contributed by atoms with Crippen LogP contribution in [0.3, 0.4) is 0 Å². The average molecular weight is 749 g/mol. The van der Waals surface area contributed by atoms with Gasteiger partial charge in [0.25, 0.3) is 0 Å². The number of methoxy groups -OCH3 is 4. The SMILES string of the molecule is COc1ccc(CCNC(c2ccc(C(F)(F)F)cc2)C(CN(CCc2ccc(OC)c(OC)c2)S(=O)(=O)c2ccc(F)cc2)C(=O)O)cc1OC. The van der Waals surface area contributed by atoms with Crippen LogP contribution in [0.25, 0.3) is 0 Å². The number of hydrogen-bond acceptors (Lipinski definition) is 8. The number of sulfonamides is 1. The molecule has 0 radical (unpaired) electrons. The highest BCUT2D eigenvalue weighted by molar-refractivity contribution is 7.89. The molecule has 2 unspecified atom stereocenters. The first kappa shape index (κ1) is 39.9.